The highest BCUT2D eigenvalue weighted by atomic mass is 16.5. The van der Waals surface area contributed by atoms with Gasteiger partial charge in [0.05, 0.1) is 25.4 Å². The SMILES string of the molecule is CC.CC.CC.CCN1CCC(OCCOC2CN(C)C2)CC1. The smallest absolute Gasteiger partial charge is 0.0829 e. The molecule has 0 aromatic heterocycles. The third-order valence-corrected chi connectivity index (χ3v) is 3.80. The molecular weight excluding hydrogens is 288 g/mol. The Labute approximate surface area is 146 Å². The Bertz CT molecular complexity index is 213. The number of hydrogen-bond donors (Lipinski definition) is 0. The van der Waals surface area contributed by atoms with Gasteiger partial charge in [0.1, 0.15) is 0 Å². The van der Waals surface area contributed by atoms with Crippen LogP contribution in [-0.4, -0.2) is 75.0 Å². The van der Waals surface area contributed by atoms with Gasteiger partial charge in [0.15, 0.2) is 0 Å². The molecule has 0 unspecified atom stereocenters. The van der Waals surface area contributed by atoms with Crippen LogP contribution in [0.5, 0.6) is 0 Å². The zero-order valence-corrected chi connectivity index (χ0v) is 17.2. The molecular formula is C19H44N2O2. The van der Waals surface area contributed by atoms with Crippen LogP contribution < -0.4 is 0 Å². The van der Waals surface area contributed by atoms with E-state index >= 15 is 0 Å². The van der Waals surface area contributed by atoms with E-state index in [1.54, 1.807) is 0 Å². The van der Waals surface area contributed by atoms with Gasteiger partial charge in [-0.2, -0.15) is 0 Å². The molecule has 2 saturated heterocycles. The quantitative estimate of drug-likeness (QED) is 0.689. The Balaban J connectivity index is 0. The van der Waals surface area contributed by atoms with E-state index in [-0.39, 0.29) is 0 Å². The van der Waals surface area contributed by atoms with Crippen LogP contribution in [0.4, 0.5) is 0 Å². The predicted octanol–water partition coefficient (Wildman–Crippen LogP) is 3.90. The molecule has 2 fully saturated rings. The van der Waals surface area contributed by atoms with E-state index in [9.17, 15) is 0 Å². The number of nitrogens with zero attached hydrogens (tertiary/aromatic N) is 2. The van der Waals surface area contributed by atoms with Gasteiger partial charge in [0.2, 0.25) is 0 Å². The summed E-state index contributed by atoms with van der Waals surface area (Å²) in [7, 11) is 2.12. The van der Waals surface area contributed by atoms with Crippen LogP contribution >= 0.6 is 0 Å². The molecule has 2 aliphatic rings. The number of hydrogen-bond acceptors (Lipinski definition) is 4. The Morgan fingerprint density at radius 2 is 1.22 bits per heavy atom. The molecule has 0 aromatic carbocycles. The molecule has 2 rings (SSSR count). The Kier molecular flexibility index (Phi) is 19.8. The van der Waals surface area contributed by atoms with Gasteiger partial charge in [-0.25, -0.2) is 0 Å². The second-order valence-electron chi connectivity index (χ2n) is 5.22. The van der Waals surface area contributed by atoms with Crippen LogP contribution in [-0.2, 0) is 9.47 Å². The summed E-state index contributed by atoms with van der Waals surface area (Å²) in [4.78, 5) is 4.76. The first-order valence-corrected chi connectivity index (χ1v) is 9.92. The van der Waals surface area contributed by atoms with Crippen molar-refractivity contribution in [3.8, 4) is 0 Å². The highest BCUT2D eigenvalue weighted by Gasteiger charge is 2.23. The van der Waals surface area contributed by atoms with E-state index in [2.05, 4.69) is 23.8 Å². The fourth-order valence-electron chi connectivity index (χ4n) is 2.57. The van der Waals surface area contributed by atoms with Crippen LogP contribution in [0.3, 0.4) is 0 Å². The van der Waals surface area contributed by atoms with Crippen molar-refractivity contribution in [2.24, 2.45) is 0 Å². The van der Waals surface area contributed by atoms with E-state index in [1.807, 2.05) is 41.5 Å². The van der Waals surface area contributed by atoms with Gasteiger partial charge in [-0.05, 0) is 26.4 Å². The minimum atomic E-state index is 0.450. The summed E-state index contributed by atoms with van der Waals surface area (Å²) >= 11 is 0. The maximum absolute atomic E-state index is 5.86. The zero-order valence-electron chi connectivity index (χ0n) is 17.2. The van der Waals surface area contributed by atoms with Gasteiger partial charge < -0.3 is 19.3 Å². The first kappa shape index (κ1) is 25.1. The molecule has 2 aliphatic heterocycles. The summed E-state index contributed by atoms with van der Waals surface area (Å²) in [6, 6.07) is 0. The van der Waals surface area contributed by atoms with Crippen molar-refractivity contribution in [2.75, 3.05) is 53.0 Å². The average Bonchev–Trinajstić information content (AvgIpc) is 2.62. The van der Waals surface area contributed by atoms with Crippen LogP contribution in [0.25, 0.3) is 0 Å². The molecule has 0 aliphatic carbocycles. The van der Waals surface area contributed by atoms with Crippen molar-refractivity contribution in [3.05, 3.63) is 0 Å². The minimum absolute atomic E-state index is 0.450. The largest absolute Gasteiger partial charge is 0.376 e. The summed E-state index contributed by atoms with van der Waals surface area (Å²) in [5.41, 5.74) is 0. The van der Waals surface area contributed by atoms with E-state index in [1.165, 1.54) is 32.5 Å². The maximum atomic E-state index is 5.86. The molecule has 142 valence electrons. The predicted molar refractivity (Wildman–Crippen MR) is 102 cm³/mol. The second kappa shape index (κ2) is 18.2. The Hall–Kier alpha value is -0.160. The summed E-state index contributed by atoms with van der Waals surface area (Å²) < 4.78 is 11.6. The van der Waals surface area contributed by atoms with Crippen LogP contribution in [0.15, 0.2) is 0 Å². The molecule has 2 heterocycles. The fraction of sp³-hybridized carbons (Fsp3) is 1.00. The molecule has 0 radical (unpaired) electrons. The number of likely N-dealkylation sites (N-methyl/N-ethyl adjacent to an activating group) is 1. The lowest BCUT2D eigenvalue weighted by atomic mass is 10.1. The van der Waals surface area contributed by atoms with Crippen molar-refractivity contribution in [3.63, 3.8) is 0 Å². The van der Waals surface area contributed by atoms with Crippen molar-refractivity contribution < 1.29 is 9.47 Å². The van der Waals surface area contributed by atoms with Gasteiger partial charge in [-0.3, -0.25) is 0 Å². The Morgan fingerprint density at radius 1 is 0.783 bits per heavy atom. The maximum Gasteiger partial charge on any atom is 0.0829 e. The van der Waals surface area contributed by atoms with Crippen LogP contribution in [0.2, 0.25) is 0 Å². The molecule has 0 aromatic rings. The van der Waals surface area contributed by atoms with E-state index in [4.69, 9.17) is 9.47 Å². The van der Waals surface area contributed by atoms with Gasteiger partial charge in [0.25, 0.3) is 0 Å². The number of likely N-dealkylation sites (tertiary alicyclic amines) is 2. The number of rotatable bonds is 6. The lowest BCUT2D eigenvalue weighted by Crippen LogP contribution is -2.50. The van der Waals surface area contributed by atoms with Gasteiger partial charge in [-0.1, -0.05) is 48.5 Å². The minimum Gasteiger partial charge on any atom is -0.376 e. The van der Waals surface area contributed by atoms with Gasteiger partial charge >= 0.3 is 0 Å². The second-order valence-corrected chi connectivity index (χ2v) is 5.22. The van der Waals surface area contributed by atoms with E-state index in [0.29, 0.717) is 12.2 Å². The normalized spacial score (nSPS) is 19.3. The van der Waals surface area contributed by atoms with Crippen molar-refractivity contribution in [2.45, 2.75) is 73.5 Å². The van der Waals surface area contributed by atoms with Gasteiger partial charge in [-0.15, -0.1) is 0 Å². The topological polar surface area (TPSA) is 24.9 Å². The lowest BCUT2D eigenvalue weighted by Gasteiger charge is -2.36. The Morgan fingerprint density at radius 3 is 1.61 bits per heavy atom. The third-order valence-electron chi connectivity index (χ3n) is 3.80. The molecule has 0 N–H and O–H groups in total. The summed E-state index contributed by atoms with van der Waals surface area (Å²) in [6.07, 6.45) is 3.27. The van der Waals surface area contributed by atoms with Crippen molar-refractivity contribution in [1.29, 1.82) is 0 Å². The highest BCUT2D eigenvalue weighted by molar-refractivity contribution is 4.77. The van der Waals surface area contributed by atoms with Crippen LogP contribution in [0, 0.1) is 0 Å². The number of ether oxygens (including phenoxy) is 2. The molecule has 0 spiro atoms. The van der Waals surface area contributed by atoms with Gasteiger partial charge in [0, 0.05) is 26.2 Å². The summed E-state index contributed by atoms with van der Waals surface area (Å²) in [6.45, 7) is 21.5. The highest BCUT2D eigenvalue weighted by Crippen LogP contribution is 2.13. The first-order valence-electron chi connectivity index (χ1n) is 9.92. The summed E-state index contributed by atoms with van der Waals surface area (Å²) in [5.74, 6) is 0. The van der Waals surface area contributed by atoms with E-state index in [0.717, 1.165) is 26.3 Å². The molecule has 0 saturated carbocycles. The average molecular weight is 333 g/mol. The lowest BCUT2D eigenvalue weighted by molar-refractivity contribution is -0.0781. The molecule has 0 bridgehead atoms. The molecule has 4 nitrogen and oxygen atoms in total. The standard InChI is InChI=1S/C13H26N2O2.3C2H6/c1-3-15-6-4-12(5-7-15)16-8-9-17-13-10-14(2)11-13;3*1-2/h12-13H,3-11H2,1-2H3;3*1-2H3. The van der Waals surface area contributed by atoms with Crippen molar-refractivity contribution in [1.82, 2.24) is 9.80 Å². The van der Waals surface area contributed by atoms with Crippen LogP contribution in [0.1, 0.15) is 61.3 Å². The monoisotopic (exact) mass is 332 g/mol. The molecule has 4 heteroatoms. The zero-order chi connectivity index (χ0) is 18.1. The third kappa shape index (κ3) is 11.9. The molecule has 23 heavy (non-hydrogen) atoms. The first-order chi connectivity index (χ1) is 11.3. The van der Waals surface area contributed by atoms with Crippen molar-refractivity contribution >= 4 is 0 Å². The van der Waals surface area contributed by atoms with E-state index < -0.39 is 0 Å². The number of piperidine rings is 1. The molecule has 0 atom stereocenters. The molecule has 0 amide bonds. The fourth-order valence-corrected chi connectivity index (χ4v) is 2.57. The summed E-state index contributed by atoms with van der Waals surface area (Å²) in [5, 5.41) is 0.